The number of hydrogen-bond acceptors (Lipinski definition) is 2. The number of halogens is 2. The van der Waals surface area contributed by atoms with Crippen molar-refractivity contribution in [2.75, 3.05) is 19.0 Å². The smallest absolute Gasteiger partial charge is 0.174 e. The summed E-state index contributed by atoms with van der Waals surface area (Å²) in [5.41, 5.74) is 3.03. The quantitative estimate of drug-likeness (QED) is 0.546. The van der Waals surface area contributed by atoms with E-state index in [4.69, 9.17) is 40.2 Å². The van der Waals surface area contributed by atoms with Crippen molar-refractivity contribution in [2.45, 2.75) is 12.6 Å². The summed E-state index contributed by atoms with van der Waals surface area (Å²) >= 11 is 18.4. The second-order valence-corrected chi connectivity index (χ2v) is 7.78. The Hall–Kier alpha value is -2.21. The van der Waals surface area contributed by atoms with Gasteiger partial charge in [0.05, 0.1) is 13.2 Å². The van der Waals surface area contributed by atoms with Crippen LogP contribution in [0.2, 0.25) is 10.0 Å². The normalized spacial score (nSPS) is 15.8. The van der Waals surface area contributed by atoms with Crippen molar-refractivity contribution in [1.82, 2.24) is 9.47 Å². The third-order valence-corrected chi connectivity index (χ3v) is 5.80. The van der Waals surface area contributed by atoms with Crippen LogP contribution in [0.1, 0.15) is 17.3 Å². The Kier molecular flexibility index (Phi) is 5.49. The highest BCUT2D eigenvalue weighted by Gasteiger charge is 2.32. The Morgan fingerprint density at radius 1 is 1.11 bits per heavy atom. The third kappa shape index (κ3) is 3.70. The van der Waals surface area contributed by atoms with Gasteiger partial charge >= 0.3 is 0 Å². The number of ether oxygens (including phenoxy) is 1. The van der Waals surface area contributed by atoms with Gasteiger partial charge in [0.1, 0.15) is 5.75 Å². The highest BCUT2D eigenvalue weighted by Crippen LogP contribution is 2.37. The van der Waals surface area contributed by atoms with E-state index in [1.165, 1.54) is 0 Å². The highest BCUT2D eigenvalue weighted by atomic mass is 35.5. The number of anilines is 1. The van der Waals surface area contributed by atoms with Gasteiger partial charge in [0.2, 0.25) is 0 Å². The average molecular weight is 432 g/mol. The molecule has 0 spiro atoms. The molecule has 0 fully saturated rings. The van der Waals surface area contributed by atoms with Crippen molar-refractivity contribution in [2.24, 2.45) is 0 Å². The maximum absolute atomic E-state index is 6.56. The molecule has 7 heteroatoms. The van der Waals surface area contributed by atoms with Gasteiger partial charge in [-0.3, -0.25) is 0 Å². The number of hydrogen-bond donors (Lipinski definition) is 1. The van der Waals surface area contributed by atoms with E-state index in [0.717, 1.165) is 35.8 Å². The molecule has 1 aliphatic rings. The van der Waals surface area contributed by atoms with E-state index in [1.54, 1.807) is 13.2 Å². The molecule has 2 heterocycles. The predicted molar refractivity (Wildman–Crippen MR) is 119 cm³/mol. The van der Waals surface area contributed by atoms with Crippen molar-refractivity contribution >= 4 is 46.2 Å². The number of aromatic nitrogens is 1. The Labute approximate surface area is 179 Å². The van der Waals surface area contributed by atoms with E-state index in [2.05, 4.69) is 33.1 Å². The lowest BCUT2D eigenvalue weighted by Gasteiger charge is -2.39. The zero-order chi connectivity index (χ0) is 19.7. The van der Waals surface area contributed by atoms with Crippen LogP contribution >= 0.6 is 35.4 Å². The monoisotopic (exact) mass is 431 g/mol. The summed E-state index contributed by atoms with van der Waals surface area (Å²) in [6.07, 6.45) is 2.09. The number of rotatable bonds is 3. The molecule has 3 aromatic rings. The Morgan fingerprint density at radius 2 is 1.89 bits per heavy atom. The van der Waals surface area contributed by atoms with E-state index in [1.807, 2.05) is 36.4 Å². The standard InChI is InChI=1S/C21H19Cl2N3OS/c1-27-16-7-5-15(6-8-16)24-21(28)26-12-11-25-10-2-3-19(25)20(26)17-9-4-14(22)13-18(17)23/h2-10,13,20H,11-12H2,1H3,(H,24,28)/t20-/m0/s1. The summed E-state index contributed by atoms with van der Waals surface area (Å²) in [7, 11) is 1.65. The largest absolute Gasteiger partial charge is 0.497 e. The van der Waals surface area contributed by atoms with Crippen molar-refractivity contribution in [3.63, 3.8) is 0 Å². The summed E-state index contributed by atoms with van der Waals surface area (Å²) in [5.74, 6) is 0.804. The number of methoxy groups -OCH3 is 1. The molecular weight excluding hydrogens is 413 g/mol. The average Bonchev–Trinajstić information content (AvgIpc) is 3.17. The van der Waals surface area contributed by atoms with Crippen LogP contribution in [-0.2, 0) is 6.54 Å². The minimum absolute atomic E-state index is 0.0910. The van der Waals surface area contributed by atoms with Crippen LogP contribution in [0.15, 0.2) is 60.8 Å². The van der Waals surface area contributed by atoms with Gasteiger partial charge in [0.15, 0.2) is 5.11 Å². The fourth-order valence-electron chi connectivity index (χ4n) is 3.52. The molecule has 0 amide bonds. The molecule has 28 heavy (non-hydrogen) atoms. The van der Waals surface area contributed by atoms with Crippen molar-refractivity contribution in [3.8, 4) is 5.75 Å². The van der Waals surface area contributed by atoms with Crippen LogP contribution in [0.5, 0.6) is 5.75 Å². The van der Waals surface area contributed by atoms with Gasteiger partial charge in [0.25, 0.3) is 0 Å². The fraction of sp³-hybridized carbons (Fsp3) is 0.190. The lowest BCUT2D eigenvalue weighted by Crippen LogP contribution is -2.44. The van der Waals surface area contributed by atoms with Gasteiger partial charge in [-0.05, 0) is 66.3 Å². The van der Waals surface area contributed by atoms with Crippen molar-refractivity contribution in [1.29, 1.82) is 0 Å². The molecule has 2 aromatic carbocycles. The Morgan fingerprint density at radius 3 is 2.61 bits per heavy atom. The number of nitrogens with zero attached hydrogens (tertiary/aromatic N) is 2. The Balaban J connectivity index is 1.67. The first-order chi connectivity index (χ1) is 13.6. The fourth-order valence-corrected chi connectivity index (χ4v) is 4.35. The summed E-state index contributed by atoms with van der Waals surface area (Å²) in [4.78, 5) is 2.17. The molecule has 144 valence electrons. The first-order valence-corrected chi connectivity index (χ1v) is 10.0. The lowest BCUT2D eigenvalue weighted by molar-refractivity contribution is 0.293. The topological polar surface area (TPSA) is 29.4 Å². The lowest BCUT2D eigenvalue weighted by atomic mass is 10.00. The van der Waals surface area contributed by atoms with Crippen LogP contribution in [0.25, 0.3) is 0 Å². The Bertz CT molecular complexity index is 1000. The van der Waals surface area contributed by atoms with Crippen LogP contribution in [0.3, 0.4) is 0 Å². The zero-order valence-electron chi connectivity index (χ0n) is 15.2. The highest BCUT2D eigenvalue weighted by molar-refractivity contribution is 7.80. The number of nitrogens with one attached hydrogen (secondary N) is 1. The molecule has 1 aliphatic heterocycles. The van der Waals surface area contributed by atoms with Gasteiger partial charge in [-0.2, -0.15) is 0 Å². The molecule has 1 N–H and O–H groups in total. The second-order valence-electron chi connectivity index (χ2n) is 6.55. The summed E-state index contributed by atoms with van der Waals surface area (Å²) in [6, 6.07) is 17.4. The molecule has 1 atom stereocenters. The molecule has 4 rings (SSSR count). The number of thiocarbonyl (C=S) groups is 1. The maximum Gasteiger partial charge on any atom is 0.174 e. The van der Waals surface area contributed by atoms with Gasteiger partial charge in [-0.25, -0.2) is 0 Å². The van der Waals surface area contributed by atoms with Crippen LogP contribution in [0, 0.1) is 0 Å². The number of benzene rings is 2. The summed E-state index contributed by atoms with van der Waals surface area (Å²) < 4.78 is 7.46. The molecule has 0 radical (unpaired) electrons. The predicted octanol–water partition coefficient (Wildman–Crippen LogP) is 5.61. The third-order valence-electron chi connectivity index (χ3n) is 4.90. The molecule has 0 aliphatic carbocycles. The molecule has 0 unspecified atom stereocenters. The van der Waals surface area contributed by atoms with E-state index in [9.17, 15) is 0 Å². The second kappa shape index (κ2) is 8.03. The molecule has 0 saturated heterocycles. The van der Waals surface area contributed by atoms with E-state index < -0.39 is 0 Å². The minimum Gasteiger partial charge on any atom is -0.497 e. The first kappa shape index (κ1) is 19.1. The van der Waals surface area contributed by atoms with Crippen LogP contribution < -0.4 is 10.1 Å². The maximum atomic E-state index is 6.56. The van der Waals surface area contributed by atoms with Gasteiger partial charge in [0, 0.05) is 40.7 Å². The van der Waals surface area contributed by atoms with Gasteiger partial charge in [-0.1, -0.05) is 29.3 Å². The molecular formula is C21H19Cl2N3OS. The summed E-state index contributed by atoms with van der Waals surface area (Å²) in [5, 5.41) is 5.23. The van der Waals surface area contributed by atoms with Crippen molar-refractivity contribution in [3.05, 3.63) is 82.1 Å². The number of fused-ring (bicyclic) bond motifs is 1. The zero-order valence-corrected chi connectivity index (χ0v) is 17.6. The molecule has 1 aromatic heterocycles. The van der Waals surface area contributed by atoms with E-state index >= 15 is 0 Å². The van der Waals surface area contributed by atoms with Crippen molar-refractivity contribution < 1.29 is 4.74 Å². The SMILES string of the molecule is COc1ccc(NC(=S)N2CCn3cccc3[C@@H]2c2ccc(Cl)cc2Cl)cc1. The molecule has 4 nitrogen and oxygen atoms in total. The van der Waals surface area contributed by atoms with Crippen LogP contribution in [0.4, 0.5) is 5.69 Å². The summed E-state index contributed by atoms with van der Waals surface area (Å²) in [6.45, 7) is 1.63. The van der Waals surface area contributed by atoms with Crippen LogP contribution in [-0.4, -0.2) is 28.2 Å². The van der Waals surface area contributed by atoms with E-state index in [-0.39, 0.29) is 6.04 Å². The first-order valence-electron chi connectivity index (χ1n) is 8.88. The van der Waals surface area contributed by atoms with Gasteiger partial charge < -0.3 is 19.5 Å². The van der Waals surface area contributed by atoms with E-state index in [0.29, 0.717) is 15.2 Å². The molecule has 0 bridgehead atoms. The molecule has 0 saturated carbocycles. The minimum atomic E-state index is -0.0910. The van der Waals surface area contributed by atoms with Gasteiger partial charge in [-0.15, -0.1) is 0 Å².